The Bertz CT molecular complexity index is 617. The lowest BCUT2D eigenvalue weighted by molar-refractivity contribution is 0.463. The van der Waals surface area contributed by atoms with Crippen LogP contribution in [0.1, 0.15) is 37.7 Å². The maximum Gasteiger partial charge on any atom is 0.0850 e. The molecule has 0 spiro atoms. The Morgan fingerprint density at radius 1 is 1.29 bits per heavy atom. The number of nitrogens with two attached hydrogens (primary N) is 1. The van der Waals surface area contributed by atoms with Crippen LogP contribution < -0.4 is 5.73 Å². The quantitative estimate of drug-likeness (QED) is 0.853. The number of hydrogen-bond acceptors (Lipinski definition) is 2. The van der Waals surface area contributed by atoms with Crippen LogP contribution in [-0.4, -0.2) is 9.78 Å². The van der Waals surface area contributed by atoms with Gasteiger partial charge in [-0.25, -0.2) is 0 Å². The van der Waals surface area contributed by atoms with Gasteiger partial charge in [0.05, 0.1) is 16.4 Å². The smallest absolute Gasteiger partial charge is 0.0850 e. The van der Waals surface area contributed by atoms with E-state index in [9.17, 15) is 0 Å². The Morgan fingerprint density at radius 2 is 1.90 bits per heavy atom. The molecule has 2 aromatic rings. The molecule has 0 saturated carbocycles. The SMILES string of the molecule is CCc1nn(CC)c(CC(C)(N)c2ccc(Br)cc2)c1Cl. The van der Waals surface area contributed by atoms with Crippen LogP contribution in [-0.2, 0) is 24.9 Å². The second-order valence-electron chi connectivity index (χ2n) is 5.48. The molecule has 0 aliphatic rings. The molecule has 0 bridgehead atoms. The van der Waals surface area contributed by atoms with Crippen LogP contribution >= 0.6 is 27.5 Å². The molecule has 1 heterocycles. The number of aromatic nitrogens is 2. The average molecular weight is 371 g/mol. The summed E-state index contributed by atoms with van der Waals surface area (Å²) in [5.74, 6) is 0. The van der Waals surface area contributed by atoms with Gasteiger partial charge < -0.3 is 5.73 Å². The molecule has 1 aromatic heterocycles. The van der Waals surface area contributed by atoms with Crippen LogP contribution in [0.15, 0.2) is 28.7 Å². The van der Waals surface area contributed by atoms with Gasteiger partial charge in [0.15, 0.2) is 0 Å². The zero-order chi connectivity index (χ0) is 15.6. The highest BCUT2D eigenvalue weighted by atomic mass is 79.9. The van der Waals surface area contributed by atoms with Crippen molar-refractivity contribution in [1.82, 2.24) is 9.78 Å². The van der Waals surface area contributed by atoms with Gasteiger partial charge in [-0.2, -0.15) is 5.10 Å². The van der Waals surface area contributed by atoms with Gasteiger partial charge in [-0.05, 0) is 38.0 Å². The lowest BCUT2D eigenvalue weighted by Crippen LogP contribution is -2.36. The molecule has 21 heavy (non-hydrogen) atoms. The van der Waals surface area contributed by atoms with Crippen molar-refractivity contribution in [2.75, 3.05) is 0 Å². The van der Waals surface area contributed by atoms with E-state index < -0.39 is 5.54 Å². The first-order valence-corrected chi connectivity index (χ1v) is 8.35. The maximum atomic E-state index is 6.55. The Labute approximate surface area is 139 Å². The molecular formula is C16H21BrClN3. The van der Waals surface area contributed by atoms with Gasteiger partial charge in [-0.3, -0.25) is 4.68 Å². The van der Waals surface area contributed by atoms with Crippen LogP contribution in [0.4, 0.5) is 0 Å². The minimum atomic E-state index is -0.484. The summed E-state index contributed by atoms with van der Waals surface area (Å²) in [5.41, 5.74) is 9.11. The molecule has 0 saturated heterocycles. The number of nitrogens with zero attached hydrogens (tertiary/aromatic N) is 2. The Morgan fingerprint density at radius 3 is 2.43 bits per heavy atom. The first-order chi connectivity index (χ1) is 9.89. The fraction of sp³-hybridized carbons (Fsp3) is 0.438. The number of benzene rings is 1. The van der Waals surface area contributed by atoms with Crippen molar-refractivity contribution >= 4 is 27.5 Å². The third-order valence-electron chi connectivity index (χ3n) is 3.73. The molecule has 114 valence electrons. The molecule has 3 nitrogen and oxygen atoms in total. The van der Waals surface area contributed by atoms with Gasteiger partial charge in [0.1, 0.15) is 0 Å². The lowest BCUT2D eigenvalue weighted by Gasteiger charge is -2.26. The third kappa shape index (κ3) is 3.50. The molecule has 5 heteroatoms. The van der Waals surface area contributed by atoms with Gasteiger partial charge in [-0.1, -0.05) is 46.6 Å². The van der Waals surface area contributed by atoms with Crippen LogP contribution in [0.5, 0.6) is 0 Å². The average Bonchev–Trinajstić information content (AvgIpc) is 2.75. The standard InChI is InChI=1S/C16H21BrClN3/c1-4-13-15(18)14(21(5-2)20-13)10-16(3,19)11-6-8-12(17)9-7-11/h6-9H,4-5,10,19H2,1-3H3. The van der Waals surface area contributed by atoms with Crippen LogP contribution in [0, 0.1) is 0 Å². The predicted octanol–water partition coefficient (Wildman–Crippen LogP) is 4.30. The minimum Gasteiger partial charge on any atom is -0.321 e. The summed E-state index contributed by atoms with van der Waals surface area (Å²) in [7, 11) is 0. The summed E-state index contributed by atoms with van der Waals surface area (Å²) in [6, 6.07) is 8.12. The van der Waals surface area contributed by atoms with Crippen LogP contribution in [0.25, 0.3) is 0 Å². The second-order valence-corrected chi connectivity index (χ2v) is 6.77. The molecule has 1 atom stereocenters. The monoisotopic (exact) mass is 369 g/mol. The fourth-order valence-electron chi connectivity index (χ4n) is 2.47. The molecular weight excluding hydrogens is 350 g/mol. The van der Waals surface area contributed by atoms with Crippen LogP contribution in [0.3, 0.4) is 0 Å². The van der Waals surface area contributed by atoms with E-state index in [-0.39, 0.29) is 0 Å². The van der Waals surface area contributed by atoms with Gasteiger partial charge >= 0.3 is 0 Å². The van der Waals surface area contributed by atoms with Crippen molar-refractivity contribution in [2.24, 2.45) is 5.73 Å². The predicted molar refractivity (Wildman–Crippen MR) is 91.7 cm³/mol. The molecule has 1 unspecified atom stereocenters. The lowest BCUT2D eigenvalue weighted by atomic mass is 9.88. The van der Waals surface area contributed by atoms with Crippen LogP contribution in [0.2, 0.25) is 5.02 Å². The van der Waals surface area contributed by atoms with Crippen molar-refractivity contribution in [1.29, 1.82) is 0 Å². The topological polar surface area (TPSA) is 43.8 Å². The molecule has 1 aromatic carbocycles. The van der Waals surface area contributed by atoms with E-state index in [1.54, 1.807) is 0 Å². The normalized spacial score (nSPS) is 14.2. The summed E-state index contributed by atoms with van der Waals surface area (Å²) in [5, 5.41) is 5.32. The summed E-state index contributed by atoms with van der Waals surface area (Å²) in [6.07, 6.45) is 1.49. The molecule has 0 fully saturated rings. The minimum absolute atomic E-state index is 0.484. The van der Waals surface area contributed by atoms with E-state index in [1.807, 2.05) is 35.9 Å². The van der Waals surface area contributed by atoms with Gasteiger partial charge in [-0.15, -0.1) is 0 Å². The number of halogens is 2. The summed E-state index contributed by atoms with van der Waals surface area (Å²) in [6.45, 7) is 6.96. The van der Waals surface area contributed by atoms with Crippen molar-refractivity contribution < 1.29 is 0 Å². The highest BCUT2D eigenvalue weighted by molar-refractivity contribution is 9.10. The maximum absolute atomic E-state index is 6.55. The van der Waals surface area contributed by atoms with Gasteiger partial charge in [0.25, 0.3) is 0 Å². The van der Waals surface area contributed by atoms with Crippen molar-refractivity contribution in [3.05, 3.63) is 50.7 Å². The van der Waals surface area contributed by atoms with Gasteiger partial charge in [0.2, 0.25) is 0 Å². The fourth-order valence-corrected chi connectivity index (χ4v) is 3.07. The van der Waals surface area contributed by atoms with E-state index in [1.165, 1.54) is 0 Å². The van der Waals surface area contributed by atoms with Crippen molar-refractivity contribution in [2.45, 2.75) is 45.7 Å². The molecule has 0 aliphatic heterocycles. The number of rotatable bonds is 5. The summed E-state index contributed by atoms with van der Waals surface area (Å²) < 4.78 is 3.01. The highest BCUT2D eigenvalue weighted by Crippen LogP contribution is 2.29. The summed E-state index contributed by atoms with van der Waals surface area (Å²) >= 11 is 9.93. The van der Waals surface area contributed by atoms with E-state index in [4.69, 9.17) is 17.3 Å². The zero-order valence-electron chi connectivity index (χ0n) is 12.7. The van der Waals surface area contributed by atoms with E-state index in [2.05, 4.69) is 34.9 Å². The molecule has 0 radical (unpaired) electrons. The Hall–Kier alpha value is -0.840. The molecule has 0 aliphatic carbocycles. The number of aryl methyl sites for hydroxylation is 2. The largest absolute Gasteiger partial charge is 0.321 e. The highest BCUT2D eigenvalue weighted by Gasteiger charge is 2.26. The Kier molecular flexibility index (Phi) is 5.12. The zero-order valence-corrected chi connectivity index (χ0v) is 15.0. The molecule has 0 amide bonds. The first kappa shape index (κ1) is 16.5. The number of hydrogen-bond donors (Lipinski definition) is 1. The van der Waals surface area contributed by atoms with E-state index >= 15 is 0 Å². The van der Waals surface area contributed by atoms with Crippen molar-refractivity contribution in [3.63, 3.8) is 0 Å². The Balaban J connectivity index is 2.36. The molecule has 2 rings (SSSR count). The second kappa shape index (κ2) is 6.51. The third-order valence-corrected chi connectivity index (χ3v) is 4.70. The van der Waals surface area contributed by atoms with Gasteiger partial charge in [0, 0.05) is 23.0 Å². The summed E-state index contributed by atoms with van der Waals surface area (Å²) in [4.78, 5) is 0. The first-order valence-electron chi connectivity index (χ1n) is 7.18. The van der Waals surface area contributed by atoms with Crippen molar-refractivity contribution in [3.8, 4) is 0 Å². The molecule has 2 N–H and O–H groups in total. The van der Waals surface area contributed by atoms with E-state index in [0.29, 0.717) is 6.42 Å². The van der Waals surface area contributed by atoms with E-state index in [0.717, 1.165) is 39.4 Å².